The van der Waals surface area contributed by atoms with E-state index in [2.05, 4.69) is 0 Å². The van der Waals surface area contributed by atoms with Crippen molar-refractivity contribution in [3.8, 4) is 0 Å². The fourth-order valence-electron chi connectivity index (χ4n) is 3.12. The topological polar surface area (TPSA) is 66.6 Å². The van der Waals surface area contributed by atoms with E-state index in [1.807, 2.05) is 6.92 Å². The predicted molar refractivity (Wildman–Crippen MR) is 73.4 cm³/mol. The zero-order valence-electron chi connectivity index (χ0n) is 11.8. The predicted octanol–water partition coefficient (Wildman–Crippen LogP) is 0.585. The number of hydrogen-bond donors (Lipinski definition) is 1. The molecule has 2 rings (SSSR count). The molecule has 0 bridgehead atoms. The lowest BCUT2D eigenvalue weighted by molar-refractivity contribution is -0.150. The van der Waals surface area contributed by atoms with E-state index in [4.69, 9.17) is 5.73 Å². The summed E-state index contributed by atoms with van der Waals surface area (Å²) >= 11 is 0. The quantitative estimate of drug-likeness (QED) is 0.810. The first-order valence-corrected chi connectivity index (χ1v) is 7.43. The van der Waals surface area contributed by atoms with Crippen molar-refractivity contribution in [1.29, 1.82) is 0 Å². The minimum atomic E-state index is 0.0187. The van der Waals surface area contributed by atoms with Crippen LogP contribution in [0.2, 0.25) is 0 Å². The minimum Gasteiger partial charge on any atom is -0.332 e. The van der Waals surface area contributed by atoms with E-state index < -0.39 is 0 Å². The third-order valence-electron chi connectivity index (χ3n) is 4.43. The second-order valence-electron chi connectivity index (χ2n) is 5.74. The third-order valence-corrected chi connectivity index (χ3v) is 4.43. The molecule has 5 heteroatoms. The van der Waals surface area contributed by atoms with Crippen LogP contribution in [0.4, 0.5) is 0 Å². The van der Waals surface area contributed by atoms with Gasteiger partial charge in [0.25, 0.3) is 0 Å². The summed E-state index contributed by atoms with van der Waals surface area (Å²) < 4.78 is 0. The van der Waals surface area contributed by atoms with Gasteiger partial charge in [0.2, 0.25) is 11.8 Å². The molecule has 0 spiro atoms. The molecule has 1 aliphatic carbocycles. The van der Waals surface area contributed by atoms with Gasteiger partial charge in [-0.3, -0.25) is 9.59 Å². The van der Waals surface area contributed by atoms with E-state index in [1.165, 1.54) is 19.3 Å². The fourth-order valence-corrected chi connectivity index (χ4v) is 3.12. The van der Waals surface area contributed by atoms with Crippen molar-refractivity contribution in [3.63, 3.8) is 0 Å². The van der Waals surface area contributed by atoms with Crippen LogP contribution in [0.1, 0.15) is 39.0 Å². The molecule has 2 aliphatic rings. The van der Waals surface area contributed by atoms with E-state index in [-0.39, 0.29) is 30.9 Å². The van der Waals surface area contributed by atoms with Gasteiger partial charge in [0.05, 0.1) is 13.1 Å². The first-order valence-electron chi connectivity index (χ1n) is 7.43. The van der Waals surface area contributed by atoms with Crippen molar-refractivity contribution in [3.05, 3.63) is 0 Å². The summed E-state index contributed by atoms with van der Waals surface area (Å²) in [6.07, 6.45) is 6.12. The van der Waals surface area contributed by atoms with Crippen molar-refractivity contribution >= 4 is 11.8 Å². The maximum Gasteiger partial charge on any atom is 0.242 e. The summed E-state index contributed by atoms with van der Waals surface area (Å²) in [5, 5.41) is 0. The average molecular weight is 267 g/mol. The summed E-state index contributed by atoms with van der Waals surface area (Å²) in [4.78, 5) is 27.1. The maximum absolute atomic E-state index is 12.0. The molecule has 2 amide bonds. The Kier molecular flexibility index (Phi) is 4.80. The van der Waals surface area contributed by atoms with Gasteiger partial charge in [0.1, 0.15) is 0 Å². The number of likely N-dealkylation sites (N-methyl/N-ethyl adjacent to an activating group) is 1. The van der Waals surface area contributed by atoms with Crippen molar-refractivity contribution in [2.45, 2.75) is 45.1 Å². The molecule has 1 aliphatic heterocycles. The van der Waals surface area contributed by atoms with Crippen LogP contribution in [0.25, 0.3) is 0 Å². The van der Waals surface area contributed by atoms with Crippen molar-refractivity contribution in [2.75, 3.05) is 26.2 Å². The first kappa shape index (κ1) is 14.3. The Labute approximate surface area is 115 Å². The van der Waals surface area contributed by atoms with E-state index in [0.29, 0.717) is 19.0 Å². The number of nitrogens with two attached hydrogens (primary N) is 1. The van der Waals surface area contributed by atoms with Gasteiger partial charge in [-0.25, -0.2) is 0 Å². The fraction of sp³-hybridized carbons (Fsp3) is 0.857. The lowest BCUT2D eigenvalue weighted by Gasteiger charge is -2.36. The Hall–Kier alpha value is -1.10. The number of piperazine rings is 1. The smallest absolute Gasteiger partial charge is 0.242 e. The first-order chi connectivity index (χ1) is 9.11. The second kappa shape index (κ2) is 6.37. The Morgan fingerprint density at radius 3 is 2.32 bits per heavy atom. The van der Waals surface area contributed by atoms with Crippen LogP contribution >= 0.6 is 0 Å². The zero-order valence-corrected chi connectivity index (χ0v) is 11.8. The van der Waals surface area contributed by atoms with E-state index in [1.54, 1.807) is 9.80 Å². The lowest BCUT2D eigenvalue weighted by Crippen LogP contribution is -2.56. The van der Waals surface area contributed by atoms with E-state index >= 15 is 0 Å². The van der Waals surface area contributed by atoms with Crippen molar-refractivity contribution < 1.29 is 9.59 Å². The zero-order chi connectivity index (χ0) is 13.8. The summed E-state index contributed by atoms with van der Waals surface area (Å²) in [5.41, 5.74) is 6.24. The molecule has 0 aromatic heterocycles. The van der Waals surface area contributed by atoms with Crippen LogP contribution in [0.5, 0.6) is 0 Å². The Balaban J connectivity index is 1.87. The highest BCUT2D eigenvalue weighted by Crippen LogP contribution is 2.26. The van der Waals surface area contributed by atoms with Crippen molar-refractivity contribution in [1.82, 2.24) is 9.80 Å². The molecule has 1 saturated heterocycles. The molecule has 0 aromatic rings. The number of nitrogens with zero attached hydrogens (tertiary/aromatic N) is 2. The second-order valence-corrected chi connectivity index (χ2v) is 5.74. The van der Waals surface area contributed by atoms with Gasteiger partial charge in [-0.1, -0.05) is 19.3 Å². The van der Waals surface area contributed by atoms with Gasteiger partial charge in [-0.15, -0.1) is 0 Å². The third kappa shape index (κ3) is 3.47. The number of hydrogen-bond acceptors (Lipinski definition) is 3. The molecule has 19 heavy (non-hydrogen) atoms. The number of carbonyl (C=O) groups excluding carboxylic acids is 2. The molecule has 1 saturated carbocycles. The van der Waals surface area contributed by atoms with Gasteiger partial charge in [-0.2, -0.15) is 0 Å². The summed E-state index contributed by atoms with van der Waals surface area (Å²) in [6.45, 7) is 3.45. The van der Waals surface area contributed by atoms with Crippen LogP contribution in [0, 0.1) is 5.92 Å². The summed E-state index contributed by atoms with van der Waals surface area (Å²) in [6, 6.07) is 0.0187. The van der Waals surface area contributed by atoms with E-state index in [0.717, 1.165) is 12.8 Å². The molecule has 2 fully saturated rings. The summed E-state index contributed by atoms with van der Waals surface area (Å²) in [5.74, 6) is 0.589. The highest BCUT2D eigenvalue weighted by atomic mass is 16.2. The number of carbonyl (C=O) groups is 2. The average Bonchev–Trinajstić information content (AvgIpc) is 2.43. The monoisotopic (exact) mass is 267 g/mol. The van der Waals surface area contributed by atoms with Gasteiger partial charge in [-0.05, 0) is 25.7 Å². The molecular weight excluding hydrogens is 242 g/mol. The number of rotatable bonds is 4. The molecule has 108 valence electrons. The van der Waals surface area contributed by atoms with E-state index in [9.17, 15) is 9.59 Å². The largest absolute Gasteiger partial charge is 0.332 e. The molecule has 1 heterocycles. The minimum absolute atomic E-state index is 0.0187. The molecule has 0 aromatic carbocycles. The Morgan fingerprint density at radius 2 is 1.68 bits per heavy atom. The Morgan fingerprint density at radius 1 is 1.11 bits per heavy atom. The van der Waals surface area contributed by atoms with Crippen LogP contribution < -0.4 is 5.73 Å². The van der Waals surface area contributed by atoms with Crippen molar-refractivity contribution in [2.24, 2.45) is 11.7 Å². The summed E-state index contributed by atoms with van der Waals surface area (Å²) in [7, 11) is 0. The van der Waals surface area contributed by atoms with Crippen LogP contribution in [0.15, 0.2) is 0 Å². The molecule has 5 nitrogen and oxygen atoms in total. The number of amides is 2. The van der Waals surface area contributed by atoms with Crippen LogP contribution in [-0.4, -0.2) is 53.8 Å². The molecule has 0 radical (unpaired) electrons. The molecule has 2 N–H and O–H groups in total. The van der Waals surface area contributed by atoms with Gasteiger partial charge >= 0.3 is 0 Å². The molecular formula is C14H25N3O2. The highest BCUT2D eigenvalue weighted by Gasteiger charge is 2.31. The van der Waals surface area contributed by atoms with Crippen LogP contribution in [-0.2, 0) is 9.59 Å². The van der Waals surface area contributed by atoms with Crippen LogP contribution in [0.3, 0.4) is 0 Å². The van der Waals surface area contributed by atoms with Gasteiger partial charge in [0, 0.05) is 19.1 Å². The molecule has 1 atom stereocenters. The highest BCUT2D eigenvalue weighted by molar-refractivity contribution is 5.92. The Bertz CT molecular complexity index is 340. The maximum atomic E-state index is 12.0. The lowest BCUT2D eigenvalue weighted by atomic mass is 9.84. The standard InChI is InChI=1S/C14H25N3O2/c1-2-16-9-14(19)17(10-13(16)18)8-12(15)11-6-4-3-5-7-11/h11-12H,2-10,15H2,1H3. The van der Waals surface area contributed by atoms with Gasteiger partial charge in [0.15, 0.2) is 0 Å². The SMILES string of the molecule is CCN1CC(=O)N(CC(N)C2CCCCC2)CC1=O. The van der Waals surface area contributed by atoms with Gasteiger partial charge < -0.3 is 15.5 Å². The molecule has 1 unspecified atom stereocenters. The normalized spacial score (nSPS) is 23.9.